The first-order valence-electron chi connectivity index (χ1n) is 15.3. The number of benzene rings is 5. The third kappa shape index (κ3) is 3.21. The van der Waals surface area contributed by atoms with Gasteiger partial charge in [-0.05, 0) is 57.3 Å². The van der Waals surface area contributed by atoms with E-state index in [2.05, 4.69) is 113 Å². The van der Waals surface area contributed by atoms with Crippen molar-refractivity contribution in [2.24, 2.45) is 0 Å². The number of fused-ring (bicyclic) bond motifs is 11. The van der Waals surface area contributed by atoms with Crippen LogP contribution in [0.1, 0.15) is 47.8 Å². The van der Waals surface area contributed by atoms with Crippen LogP contribution >= 0.6 is 22.7 Å². The Morgan fingerprint density at radius 1 is 0.565 bits per heavy atom. The molecule has 2 aromatic heterocycles. The molecule has 2 aliphatic carbocycles. The van der Waals surface area contributed by atoms with E-state index in [1.165, 1.54) is 43.6 Å². The van der Waals surface area contributed by atoms with Crippen LogP contribution in [0.3, 0.4) is 0 Å². The van der Waals surface area contributed by atoms with Gasteiger partial charge in [-0.25, -0.2) is 0 Å². The summed E-state index contributed by atoms with van der Waals surface area (Å²) < 4.78 is 0. The Bertz CT molecular complexity index is 2410. The van der Waals surface area contributed by atoms with Crippen LogP contribution in [0.2, 0.25) is 0 Å². The van der Waals surface area contributed by atoms with E-state index in [1.54, 1.807) is 34.8 Å². The van der Waals surface area contributed by atoms with Crippen molar-refractivity contribution in [1.29, 1.82) is 0 Å². The Balaban J connectivity index is 1.29. The molecule has 0 fully saturated rings. The molecule has 7 aromatic rings. The van der Waals surface area contributed by atoms with Crippen molar-refractivity contribution >= 4 is 66.8 Å². The second kappa shape index (κ2) is 9.33. The number of carbonyl (C=O) groups excluding carboxylic acids is 2. The smallest absolute Gasteiger partial charge is 0.197 e. The molecule has 0 unspecified atom stereocenters. The monoisotopic (exact) mass is 625 g/mol. The number of carbonyl (C=O) groups is 2. The Labute approximate surface area is 273 Å². The highest BCUT2D eigenvalue weighted by Gasteiger charge is 2.53. The van der Waals surface area contributed by atoms with Gasteiger partial charge in [-0.15, -0.1) is 22.7 Å². The fourth-order valence-electron chi connectivity index (χ4n) is 7.89. The van der Waals surface area contributed by atoms with Crippen LogP contribution in [0.4, 0.5) is 15.7 Å². The highest BCUT2D eigenvalue weighted by molar-refractivity contribution is 7.19. The van der Waals surface area contributed by atoms with Gasteiger partial charge in [0.05, 0.1) is 16.7 Å². The summed E-state index contributed by atoms with van der Waals surface area (Å²) in [5.74, 6) is -0.411. The molecule has 1 spiro atoms. The fraction of sp³-hybridized carbons (Fsp3) is 0.0244. The van der Waals surface area contributed by atoms with E-state index in [0.717, 1.165) is 21.1 Å². The van der Waals surface area contributed by atoms with Gasteiger partial charge in [0.25, 0.3) is 0 Å². The summed E-state index contributed by atoms with van der Waals surface area (Å²) in [4.78, 5) is 30.3. The average Bonchev–Trinajstić information content (AvgIpc) is 3.87. The number of thiophene rings is 2. The summed E-state index contributed by atoms with van der Waals surface area (Å²) in [7, 11) is 0. The number of allylic oxidation sites excluding steroid dienone is 1. The molecule has 3 aliphatic rings. The molecule has 216 valence electrons. The molecule has 0 amide bonds. The first kappa shape index (κ1) is 25.9. The number of rotatable bonds is 2. The van der Waals surface area contributed by atoms with Gasteiger partial charge in [0.1, 0.15) is 10.0 Å². The SMILES string of the molecule is O=C1C(=Cc2cc3c(s2)N(c2cccc4ccccc24)c2sccc2C32c3ccccc3-c3ccccc32)C(=O)c2ccccc21. The summed E-state index contributed by atoms with van der Waals surface area (Å²) in [6, 6.07) is 44.1. The minimum atomic E-state index is -0.543. The van der Waals surface area contributed by atoms with Crippen molar-refractivity contribution in [2.75, 3.05) is 4.90 Å². The van der Waals surface area contributed by atoms with Crippen molar-refractivity contribution in [3.8, 4) is 11.1 Å². The van der Waals surface area contributed by atoms with Gasteiger partial charge < -0.3 is 0 Å². The van der Waals surface area contributed by atoms with Gasteiger partial charge in [0, 0.05) is 32.5 Å². The van der Waals surface area contributed by atoms with E-state index in [1.807, 2.05) is 18.2 Å². The molecular formula is C41H23NO2S2. The van der Waals surface area contributed by atoms with Crippen molar-refractivity contribution in [2.45, 2.75) is 5.41 Å². The zero-order valence-electron chi connectivity index (χ0n) is 24.4. The lowest BCUT2D eigenvalue weighted by Crippen LogP contribution is -2.34. The predicted molar refractivity (Wildman–Crippen MR) is 188 cm³/mol. The fourth-order valence-corrected chi connectivity index (χ4v) is 10.1. The van der Waals surface area contributed by atoms with Crippen LogP contribution in [0.25, 0.3) is 28.0 Å². The number of anilines is 3. The van der Waals surface area contributed by atoms with Gasteiger partial charge in [-0.2, -0.15) is 0 Å². The molecule has 0 saturated heterocycles. The van der Waals surface area contributed by atoms with Gasteiger partial charge in [-0.3, -0.25) is 14.5 Å². The maximum atomic E-state index is 13.5. The standard InChI is InChI=1S/C41H23NO2S2/c43-37-29-15-3-4-16-30(29)38(44)31(37)22-25-23-35-40(46-25)42(36-19-9-11-24-10-1-2-12-26(24)36)39-34(20-21-45-39)41(35)32-17-7-5-13-27(32)28-14-6-8-18-33(28)41/h1-23H. The number of hydrogen-bond acceptors (Lipinski definition) is 5. The summed E-state index contributed by atoms with van der Waals surface area (Å²) in [5.41, 5.74) is 9.16. The molecule has 1 aliphatic heterocycles. The van der Waals surface area contributed by atoms with Crippen LogP contribution in [-0.2, 0) is 5.41 Å². The van der Waals surface area contributed by atoms with Crippen molar-refractivity contribution < 1.29 is 9.59 Å². The Morgan fingerprint density at radius 2 is 1.17 bits per heavy atom. The van der Waals surface area contributed by atoms with E-state index in [9.17, 15) is 9.59 Å². The second-order valence-corrected chi connectivity index (χ2v) is 13.9. The number of ketones is 2. The zero-order chi connectivity index (χ0) is 30.6. The third-order valence-corrected chi connectivity index (χ3v) is 11.7. The van der Waals surface area contributed by atoms with Crippen LogP contribution in [0.15, 0.2) is 138 Å². The predicted octanol–water partition coefficient (Wildman–Crippen LogP) is 10.6. The Morgan fingerprint density at radius 3 is 1.89 bits per heavy atom. The molecule has 5 heteroatoms. The highest BCUT2D eigenvalue weighted by Crippen LogP contribution is 2.66. The first-order chi connectivity index (χ1) is 22.7. The quantitative estimate of drug-likeness (QED) is 0.142. The summed E-state index contributed by atoms with van der Waals surface area (Å²) in [6.45, 7) is 0. The van der Waals surface area contributed by atoms with E-state index in [-0.39, 0.29) is 17.1 Å². The summed E-state index contributed by atoms with van der Waals surface area (Å²) in [5, 5.41) is 6.83. The maximum absolute atomic E-state index is 13.5. The van der Waals surface area contributed by atoms with E-state index in [4.69, 9.17) is 0 Å². The van der Waals surface area contributed by atoms with Crippen LogP contribution in [-0.4, -0.2) is 11.6 Å². The Hall–Kier alpha value is -5.36. The number of hydrogen-bond donors (Lipinski definition) is 0. The molecule has 0 bridgehead atoms. The van der Waals surface area contributed by atoms with Crippen molar-refractivity contribution in [3.63, 3.8) is 0 Å². The molecule has 0 atom stereocenters. The normalized spacial score (nSPS) is 15.1. The molecule has 46 heavy (non-hydrogen) atoms. The van der Waals surface area contributed by atoms with Crippen molar-refractivity contribution in [1.82, 2.24) is 0 Å². The van der Waals surface area contributed by atoms with Gasteiger partial charge in [0.15, 0.2) is 11.6 Å². The molecular weight excluding hydrogens is 603 g/mol. The topological polar surface area (TPSA) is 37.4 Å². The van der Waals surface area contributed by atoms with E-state index >= 15 is 0 Å². The molecule has 3 heterocycles. The molecule has 0 saturated carbocycles. The lowest BCUT2D eigenvalue weighted by Gasteiger charge is -2.41. The molecule has 0 N–H and O–H groups in total. The number of Topliss-reactive ketones (excluding diaryl/α,β-unsaturated/α-hetero) is 2. The van der Waals surface area contributed by atoms with E-state index < -0.39 is 5.41 Å². The zero-order valence-corrected chi connectivity index (χ0v) is 26.0. The minimum Gasteiger partial charge on any atom is -0.292 e. The minimum absolute atomic E-state index is 0.205. The van der Waals surface area contributed by atoms with E-state index in [0.29, 0.717) is 11.1 Å². The lowest BCUT2D eigenvalue weighted by molar-refractivity contribution is 0.0990. The Kier molecular flexibility index (Phi) is 5.26. The second-order valence-electron chi connectivity index (χ2n) is 11.9. The van der Waals surface area contributed by atoms with Gasteiger partial charge in [-0.1, -0.05) is 109 Å². The lowest BCUT2D eigenvalue weighted by atomic mass is 9.67. The third-order valence-electron chi connectivity index (χ3n) is 9.74. The highest BCUT2D eigenvalue weighted by atomic mass is 32.1. The molecule has 5 aromatic carbocycles. The molecule has 0 radical (unpaired) electrons. The molecule has 10 rings (SSSR count). The van der Waals surface area contributed by atoms with Crippen molar-refractivity contribution in [3.05, 3.63) is 177 Å². The van der Waals surface area contributed by atoms with Crippen LogP contribution in [0, 0.1) is 0 Å². The van der Waals surface area contributed by atoms with Gasteiger partial charge >= 0.3 is 0 Å². The maximum Gasteiger partial charge on any atom is 0.197 e. The first-order valence-corrected chi connectivity index (χ1v) is 17.0. The summed E-state index contributed by atoms with van der Waals surface area (Å²) >= 11 is 3.40. The van der Waals surface area contributed by atoms with Crippen LogP contribution < -0.4 is 4.90 Å². The molecule has 3 nitrogen and oxygen atoms in total. The summed E-state index contributed by atoms with van der Waals surface area (Å²) in [6.07, 6.45) is 1.82. The average molecular weight is 626 g/mol. The number of nitrogens with zero attached hydrogens (tertiary/aromatic N) is 1. The largest absolute Gasteiger partial charge is 0.292 e. The van der Waals surface area contributed by atoms with Gasteiger partial charge in [0.2, 0.25) is 0 Å². The van der Waals surface area contributed by atoms with Crippen LogP contribution in [0.5, 0.6) is 0 Å².